The molecular formula is C30H28F2N6O3S. The molecule has 9 nitrogen and oxygen atoms in total. The lowest BCUT2D eigenvalue weighted by Crippen LogP contribution is -2.44. The molecule has 1 aromatic carbocycles. The Labute approximate surface area is 244 Å². The number of aryl methyl sites for hydroxylation is 1. The number of nitrogens with zero attached hydrogens (tertiary/aromatic N) is 6. The molecule has 5 aromatic rings. The Hall–Kier alpha value is -4.42. The Morgan fingerprint density at radius 3 is 2.71 bits per heavy atom. The molecule has 216 valence electrons. The van der Waals surface area contributed by atoms with E-state index in [0.29, 0.717) is 41.4 Å². The van der Waals surface area contributed by atoms with Gasteiger partial charge in [-0.15, -0.1) is 11.3 Å². The normalized spacial score (nSPS) is 14.8. The Bertz CT molecular complexity index is 1830. The molecule has 4 aromatic heterocycles. The van der Waals surface area contributed by atoms with Crippen molar-refractivity contribution in [1.29, 1.82) is 0 Å². The van der Waals surface area contributed by atoms with Gasteiger partial charge in [0, 0.05) is 54.2 Å². The Kier molecular flexibility index (Phi) is 7.33. The fourth-order valence-electron chi connectivity index (χ4n) is 5.27. The maximum atomic E-state index is 15.9. The van der Waals surface area contributed by atoms with Crippen molar-refractivity contribution in [3.8, 4) is 39.7 Å². The largest absolute Gasteiger partial charge is 0.490 e. The maximum Gasteiger partial charge on any atom is 0.246 e. The molecule has 0 N–H and O–H groups in total. The Morgan fingerprint density at radius 2 is 1.98 bits per heavy atom. The summed E-state index contributed by atoms with van der Waals surface area (Å²) < 4.78 is 45.5. The van der Waals surface area contributed by atoms with Crippen LogP contribution in [-0.2, 0) is 29.7 Å². The summed E-state index contributed by atoms with van der Waals surface area (Å²) in [5.41, 5.74) is 3.45. The fourth-order valence-corrected chi connectivity index (χ4v) is 6.22. The summed E-state index contributed by atoms with van der Waals surface area (Å²) >= 11 is 1.41. The SMILES string of the molecule is C=CC(=O)N1Cc2cc(-c3nc(-c4ccn(C)n4)c4ccsc4c3-c3c(F)cc(F)cc3OCCOC)nn2CC1C. The van der Waals surface area contributed by atoms with Crippen LogP contribution in [0, 0.1) is 11.6 Å². The molecule has 0 aliphatic carbocycles. The first kappa shape index (κ1) is 27.7. The van der Waals surface area contributed by atoms with Crippen molar-refractivity contribution in [1.82, 2.24) is 29.4 Å². The second-order valence-electron chi connectivity index (χ2n) is 10.0. The van der Waals surface area contributed by atoms with E-state index in [9.17, 15) is 9.18 Å². The third-order valence-electron chi connectivity index (χ3n) is 7.24. The van der Waals surface area contributed by atoms with Crippen molar-refractivity contribution in [3.63, 3.8) is 0 Å². The van der Waals surface area contributed by atoms with Crippen molar-refractivity contribution >= 4 is 27.3 Å². The second-order valence-corrected chi connectivity index (χ2v) is 11.0. The highest BCUT2D eigenvalue weighted by Gasteiger charge is 2.30. The van der Waals surface area contributed by atoms with Crippen LogP contribution < -0.4 is 4.74 Å². The van der Waals surface area contributed by atoms with E-state index in [2.05, 4.69) is 11.7 Å². The van der Waals surface area contributed by atoms with Crippen LogP contribution in [0.4, 0.5) is 8.78 Å². The maximum absolute atomic E-state index is 15.9. The summed E-state index contributed by atoms with van der Waals surface area (Å²) in [6.07, 6.45) is 3.13. The van der Waals surface area contributed by atoms with Crippen molar-refractivity contribution in [2.75, 3.05) is 20.3 Å². The van der Waals surface area contributed by atoms with Gasteiger partial charge in [-0.25, -0.2) is 13.8 Å². The zero-order valence-electron chi connectivity index (χ0n) is 23.3. The number of ether oxygens (including phenoxy) is 2. The van der Waals surface area contributed by atoms with Gasteiger partial charge >= 0.3 is 0 Å². The highest BCUT2D eigenvalue weighted by Crippen LogP contribution is 2.47. The molecule has 0 bridgehead atoms. The van der Waals surface area contributed by atoms with Crippen LogP contribution in [0.2, 0.25) is 0 Å². The van der Waals surface area contributed by atoms with E-state index < -0.39 is 11.6 Å². The number of rotatable bonds is 8. The zero-order valence-corrected chi connectivity index (χ0v) is 24.1. The molecule has 1 atom stereocenters. The number of hydrogen-bond acceptors (Lipinski definition) is 7. The third-order valence-corrected chi connectivity index (χ3v) is 8.17. The lowest BCUT2D eigenvalue weighted by molar-refractivity contribution is -0.129. The molecule has 6 rings (SSSR count). The van der Waals surface area contributed by atoms with Crippen LogP contribution in [0.15, 0.2) is 54.6 Å². The lowest BCUT2D eigenvalue weighted by atomic mass is 9.97. The minimum absolute atomic E-state index is 0.0354. The molecule has 0 spiro atoms. The molecule has 1 amide bonds. The van der Waals surface area contributed by atoms with Gasteiger partial charge in [-0.05, 0) is 36.6 Å². The van der Waals surface area contributed by atoms with E-state index in [1.54, 1.807) is 9.58 Å². The number of carbonyl (C=O) groups is 1. The van der Waals surface area contributed by atoms with E-state index in [-0.39, 0.29) is 36.5 Å². The summed E-state index contributed by atoms with van der Waals surface area (Å²) in [7, 11) is 3.34. The van der Waals surface area contributed by atoms with Gasteiger partial charge in [0.2, 0.25) is 5.91 Å². The van der Waals surface area contributed by atoms with Crippen LogP contribution in [0.25, 0.3) is 44.0 Å². The van der Waals surface area contributed by atoms with Crippen LogP contribution >= 0.6 is 11.3 Å². The molecule has 1 aliphatic heterocycles. The third kappa shape index (κ3) is 4.86. The quantitative estimate of drug-likeness (QED) is 0.177. The topological polar surface area (TPSA) is 87.3 Å². The molecule has 42 heavy (non-hydrogen) atoms. The molecule has 1 aliphatic rings. The number of carbonyl (C=O) groups excluding carboxylic acids is 1. The first-order valence-electron chi connectivity index (χ1n) is 13.3. The molecule has 0 saturated heterocycles. The van der Waals surface area contributed by atoms with Gasteiger partial charge in [0.05, 0.1) is 36.6 Å². The predicted octanol–water partition coefficient (Wildman–Crippen LogP) is 5.45. The second kappa shape index (κ2) is 11.1. The number of aromatic nitrogens is 5. The van der Waals surface area contributed by atoms with Crippen molar-refractivity contribution < 1.29 is 23.0 Å². The smallest absolute Gasteiger partial charge is 0.246 e. The molecule has 0 radical (unpaired) electrons. The van der Waals surface area contributed by atoms with Gasteiger partial charge in [-0.1, -0.05) is 6.58 Å². The molecule has 0 saturated carbocycles. The highest BCUT2D eigenvalue weighted by atomic mass is 32.1. The number of thiophene rings is 1. The zero-order chi connectivity index (χ0) is 29.5. The Balaban J connectivity index is 1.61. The minimum atomic E-state index is -0.786. The van der Waals surface area contributed by atoms with Gasteiger partial charge in [-0.2, -0.15) is 10.2 Å². The summed E-state index contributed by atoms with van der Waals surface area (Å²) in [6, 6.07) is 7.53. The van der Waals surface area contributed by atoms with Gasteiger partial charge in [0.25, 0.3) is 0 Å². The molecular weight excluding hydrogens is 562 g/mol. The fraction of sp³-hybridized carbons (Fsp3) is 0.267. The summed E-state index contributed by atoms with van der Waals surface area (Å²) in [6.45, 7) is 6.71. The molecule has 12 heteroatoms. The number of halogens is 2. The van der Waals surface area contributed by atoms with Crippen LogP contribution in [0.3, 0.4) is 0 Å². The van der Waals surface area contributed by atoms with Crippen LogP contribution in [0.5, 0.6) is 5.75 Å². The first-order chi connectivity index (χ1) is 20.3. The van der Waals surface area contributed by atoms with Crippen molar-refractivity contribution in [2.24, 2.45) is 7.05 Å². The van der Waals surface area contributed by atoms with E-state index in [0.717, 1.165) is 21.8 Å². The molecule has 0 fully saturated rings. The minimum Gasteiger partial charge on any atom is -0.490 e. The van der Waals surface area contributed by atoms with Crippen LogP contribution in [0.1, 0.15) is 12.6 Å². The van der Waals surface area contributed by atoms with E-state index in [1.165, 1.54) is 30.6 Å². The summed E-state index contributed by atoms with van der Waals surface area (Å²) in [5, 5.41) is 12.1. The van der Waals surface area contributed by atoms with E-state index in [4.69, 9.17) is 19.6 Å². The van der Waals surface area contributed by atoms with E-state index in [1.807, 2.05) is 48.4 Å². The molecule has 5 heterocycles. The monoisotopic (exact) mass is 590 g/mol. The standard InChI is InChI=1S/C30H28F2N6O3S/c1-5-25(39)37-16-19-14-23(35-38(19)15-17(37)2)29-27(26-21(32)12-18(31)13-24(26)41-10-9-40-4)30-20(7-11-42-30)28(33-29)22-6-8-36(3)34-22/h5-8,11-14,17H,1,9-10,15-16H2,2-4H3. The van der Waals surface area contributed by atoms with Crippen molar-refractivity contribution in [3.05, 3.63) is 71.9 Å². The van der Waals surface area contributed by atoms with Gasteiger partial charge in [-0.3, -0.25) is 14.2 Å². The van der Waals surface area contributed by atoms with E-state index >= 15 is 4.39 Å². The van der Waals surface area contributed by atoms with Gasteiger partial charge in [0.15, 0.2) is 0 Å². The van der Waals surface area contributed by atoms with Gasteiger partial charge in [0.1, 0.15) is 41.1 Å². The first-order valence-corrected chi connectivity index (χ1v) is 14.2. The number of fused-ring (bicyclic) bond motifs is 2. The average molecular weight is 591 g/mol. The number of methoxy groups -OCH3 is 1. The average Bonchev–Trinajstić information content (AvgIpc) is 3.71. The highest BCUT2D eigenvalue weighted by molar-refractivity contribution is 7.18. The number of hydrogen-bond donors (Lipinski definition) is 0. The number of benzene rings is 1. The van der Waals surface area contributed by atoms with Crippen molar-refractivity contribution in [2.45, 2.75) is 26.1 Å². The number of pyridine rings is 1. The Morgan fingerprint density at radius 1 is 1.14 bits per heavy atom. The number of amides is 1. The summed E-state index contributed by atoms with van der Waals surface area (Å²) in [5.74, 6) is -1.68. The predicted molar refractivity (Wildman–Crippen MR) is 156 cm³/mol. The lowest BCUT2D eigenvalue weighted by Gasteiger charge is -2.33. The van der Waals surface area contributed by atoms with Gasteiger partial charge < -0.3 is 14.4 Å². The molecule has 1 unspecified atom stereocenters. The summed E-state index contributed by atoms with van der Waals surface area (Å²) in [4.78, 5) is 19.3. The van der Waals surface area contributed by atoms with Crippen LogP contribution in [-0.4, -0.2) is 61.7 Å².